The largest absolute Gasteiger partial charge is 0.360 e. The number of anilines is 1. The molecule has 4 nitrogen and oxygen atoms in total. The number of hydrogen-bond donors (Lipinski definition) is 1. The summed E-state index contributed by atoms with van der Waals surface area (Å²) >= 11 is 3.44. The first-order valence-electron chi connectivity index (χ1n) is 7.94. The Morgan fingerprint density at radius 1 is 1.17 bits per heavy atom. The molecule has 0 bridgehead atoms. The Labute approximate surface area is 150 Å². The van der Waals surface area contributed by atoms with E-state index in [1.807, 2.05) is 18.5 Å². The van der Waals surface area contributed by atoms with Crippen LogP contribution >= 0.6 is 23.1 Å². The van der Waals surface area contributed by atoms with Gasteiger partial charge in [0.05, 0.1) is 18.4 Å². The molecule has 124 valence electrons. The first-order valence-corrected chi connectivity index (χ1v) is 9.74. The molecule has 6 heteroatoms. The average Bonchev–Trinajstić information content (AvgIpc) is 3.11. The summed E-state index contributed by atoms with van der Waals surface area (Å²) in [6.07, 6.45) is 6.55. The number of thioether (sulfide) groups is 1. The summed E-state index contributed by atoms with van der Waals surface area (Å²) in [5, 5.41) is 5.40. The van der Waals surface area contributed by atoms with Gasteiger partial charge in [0.15, 0.2) is 0 Å². The van der Waals surface area contributed by atoms with Crippen LogP contribution in [0.1, 0.15) is 35.3 Å². The Balaban J connectivity index is 1.62. The summed E-state index contributed by atoms with van der Waals surface area (Å²) in [6.45, 7) is 4.25. The van der Waals surface area contributed by atoms with Gasteiger partial charge in [-0.25, -0.2) is 9.97 Å². The Morgan fingerprint density at radius 2 is 2.00 bits per heavy atom. The second-order valence-corrected chi connectivity index (χ2v) is 7.54. The number of hydrogen-bond acceptors (Lipinski definition) is 6. The van der Waals surface area contributed by atoms with Gasteiger partial charge in [0.25, 0.3) is 0 Å². The van der Waals surface area contributed by atoms with Crippen molar-refractivity contribution in [2.45, 2.75) is 37.1 Å². The van der Waals surface area contributed by atoms with Crippen LogP contribution in [0.2, 0.25) is 0 Å². The minimum Gasteiger partial charge on any atom is -0.360 e. The number of rotatable bonds is 7. The Bertz CT molecular complexity index is 773. The van der Waals surface area contributed by atoms with Crippen molar-refractivity contribution in [3.8, 4) is 0 Å². The van der Waals surface area contributed by atoms with E-state index in [-0.39, 0.29) is 6.04 Å². The van der Waals surface area contributed by atoms with Gasteiger partial charge in [0.2, 0.25) is 0 Å². The summed E-state index contributed by atoms with van der Waals surface area (Å²) in [5.41, 5.74) is 1.28. The Morgan fingerprint density at radius 3 is 2.75 bits per heavy atom. The molecule has 3 rings (SSSR count). The topological polar surface area (TPSA) is 50.7 Å². The normalized spacial score (nSPS) is 12.1. The molecule has 0 saturated carbocycles. The summed E-state index contributed by atoms with van der Waals surface area (Å²) in [6, 6.07) is 10.5. The van der Waals surface area contributed by atoms with Crippen LogP contribution in [0.4, 0.5) is 5.82 Å². The van der Waals surface area contributed by atoms with E-state index in [1.54, 1.807) is 29.3 Å². The fourth-order valence-electron chi connectivity index (χ4n) is 2.19. The Kier molecular flexibility index (Phi) is 5.82. The van der Waals surface area contributed by atoms with Crippen LogP contribution in [0.15, 0.2) is 53.9 Å². The van der Waals surface area contributed by atoms with Gasteiger partial charge >= 0.3 is 0 Å². The molecule has 0 saturated heterocycles. The second kappa shape index (κ2) is 8.26. The molecular weight excluding hydrogens is 336 g/mol. The van der Waals surface area contributed by atoms with E-state index in [9.17, 15) is 0 Å². The van der Waals surface area contributed by atoms with E-state index >= 15 is 0 Å². The van der Waals surface area contributed by atoms with E-state index < -0.39 is 0 Å². The van der Waals surface area contributed by atoms with Gasteiger partial charge in [-0.3, -0.25) is 4.98 Å². The summed E-state index contributed by atoms with van der Waals surface area (Å²) in [4.78, 5) is 14.7. The second-order valence-electron chi connectivity index (χ2n) is 5.40. The summed E-state index contributed by atoms with van der Waals surface area (Å²) in [7, 11) is 0. The van der Waals surface area contributed by atoms with Gasteiger partial charge in [-0.2, -0.15) is 0 Å². The van der Waals surface area contributed by atoms with Crippen molar-refractivity contribution in [2.75, 3.05) is 5.32 Å². The lowest BCUT2D eigenvalue weighted by molar-refractivity contribution is 0.850. The van der Waals surface area contributed by atoms with E-state index in [1.165, 1.54) is 10.4 Å². The van der Waals surface area contributed by atoms with Gasteiger partial charge in [-0.15, -0.1) is 23.1 Å². The van der Waals surface area contributed by atoms with Crippen LogP contribution in [-0.4, -0.2) is 15.0 Å². The molecule has 24 heavy (non-hydrogen) atoms. The molecule has 0 aliphatic carbocycles. The van der Waals surface area contributed by atoms with Gasteiger partial charge < -0.3 is 5.32 Å². The van der Waals surface area contributed by atoms with Gasteiger partial charge in [-0.05, 0) is 18.9 Å². The third kappa shape index (κ3) is 4.55. The third-order valence-corrected chi connectivity index (χ3v) is 5.79. The maximum atomic E-state index is 4.65. The molecule has 1 N–H and O–H groups in total. The van der Waals surface area contributed by atoms with E-state index in [4.69, 9.17) is 0 Å². The highest BCUT2D eigenvalue weighted by Crippen LogP contribution is 2.25. The first kappa shape index (κ1) is 16.9. The molecule has 1 atom stereocenters. The minimum atomic E-state index is 0.124. The molecule has 0 spiro atoms. The highest BCUT2D eigenvalue weighted by atomic mass is 32.2. The lowest BCUT2D eigenvalue weighted by Crippen LogP contribution is -2.08. The molecule has 2 heterocycles. The van der Waals surface area contributed by atoms with Gasteiger partial charge in [0, 0.05) is 16.8 Å². The van der Waals surface area contributed by atoms with Crippen molar-refractivity contribution in [3.05, 3.63) is 64.4 Å². The zero-order valence-corrected chi connectivity index (χ0v) is 15.4. The molecule has 3 aromatic rings. The van der Waals surface area contributed by atoms with Crippen LogP contribution in [0.3, 0.4) is 0 Å². The molecule has 1 aromatic carbocycles. The lowest BCUT2D eigenvalue weighted by atomic mass is 10.2. The predicted molar refractivity (Wildman–Crippen MR) is 102 cm³/mol. The molecule has 0 aliphatic rings. The number of nitrogens with zero attached hydrogens (tertiary/aromatic N) is 3. The average molecular weight is 357 g/mol. The van der Waals surface area contributed by atoms with Gasteiger partial charge in [0.1, 0.15) is 15.9 Å². The standard InChI is InChI=1S/C18H20N4S2/c1-3-15-9-20-18(24-15)13(2)21-16-10-19-11-17(22-16)23-12-14-7-5-4-6-8-14/h4-11,13H,3,12H2,1-2H3,(H,21,22). The number of aromatic nitrogens is 3. The quantitative estimate of drug-likeness (QED) is 0.606. The summed E-state index contributed by atoms with van der Waals surface area (Å²) in [5.74, 6) is 1.68. The van der Waals surface area contributed by atoms with Crippen molar-refractivity contribution >= 4 is 28.9 Å². The monoisotopic (exact) mass is 356 g/mol. The molecule has 1 unspecified atom stereocenters. The SMILES string of the molecule is CCc1cnc(C(C)Nc2cncc(SCc3ccccc3)n2)s1. The van der Waals surface area contributed by atoms with Crippen molar-refractivity contribution < 1.29 is 0 Å². The Hall–Kier alpha value is -1.92. The van der Waals surface area contributed by atoms with Crippen LogP contribution in [0.25, 0.3) is 0 Å². The molecule has 0 aliphatic heterocycles. The maximum Gasteiger partial charge on any atom is 0.146 e. The first-order chi connectivity index (χ1) is 11.7. The van der Waals surface area contributed by atoms with Crippen LogP contribution < -0.4 is 5.32 Å². The smallest absolute Gasteiger partial charge is 0.146 e. The van der Waals surface area contributed by atoms with Crippen molar-refractivity contribution in [1.29, 1.82) is 0 Å². The maximum absolute atomic E-state index is 4.65. The molecule has 0 amide bonds. The van der Waals surface area contributed by atoms with Crippen LogP contribution in [0.5, 0.6) is 0 Å². The third-order valence-electron chi connectivity index (χ3n) is 3.50. The zero-order chi connectivity index (χ0) is 16.8. The zero-order valence-electron chi connectivity index (χ0n) is 13.8. The fourth-order valence-corrected chi connectivity index (χ4v) is 3.85. The van der Waals surface area contributed by atoms with E-state index in [2.05, 4.69) is 58.4 Å². The van der Waals surface area contributed by atoms with Crippen molar-refractivity contribution in [1.82, 2.24) is 15.0 Å². The van der Waals surface area contributed by atoms with E-state index in [0.717, 1.165) is 28.0 Å². The number of thiazole rings is 1. The minimum absolute atomic E-state index is 0.124. The van der Waals surface area contributed by atoms with Gasteiger partial charge in [-0.1, -0.05) is 37.3 Å². The molecule has 2 aromatic heterocycles. The number of aryl methyl sites for hydroxylation is 1. The van der Waals surface area contributed by atoms with E-state index in [0.29, 0.717) is 0 Å². The molecular formula is C18H20N4S2. The predicted octanol–water partition coefficient (Wildman–Crippen LogP) is 4.96. The highest BCUT2D eigenvalue weighted by molar-refractivity contribution is 7.98. The van der Waals surface area contributed by atoms with Crippen LogP contribution in [-0.2, 0) is 12.2 Å². The van der Waals surface area contributed by atoms with Crippen molar-refractivity contribution in [2.24, 2.45) is 0 Å². The number of nitrogens with one attached hydrogen (secondary N) is 1. The number of benzene rings is 1. The van der Waals surface area contributed by atoms with Crippen molar-refractivity contribution in [3.63, 3.8) is 0 Å². The molecule has 0 radical (unpaired) electrons. The molecule has 0 fully saturated rings. The summed E-state index contributed by atoms with van der Waals surface area (Å²) < 4.78 is 0. The fraction of sp³-hybridized carbons (Fsp3) is 0.278. The highest BCUT2D eigenvalue weighted by Gasteiger charge is 2.11. The van der Waals surface area contributed by atoms with Crippen LogP contribution in [0, 0.1) is 0 Å². The lowest BCUT2D eigenvalue weighted by Gasteiger charge is -2.12.